The predicted octanol–water partition coefficient (Wildman–Crippen LogP) is 1.55. The smallest absolute Gasteiger partial charge is 0.0403 e. The third-order valence-corrected chi connectivity index (χ3v) is 2.90. The van der Waals surface area contributed by atoms with E-state index in [0.717, 1.165) is 26.2 Å². The van der Waals surface area contributed by atoms with E-state index in [9.17, 15) is 0 Å². The molecule has 0 bridgehead atoms. The summed E-state index contributed by atoms with van der Waals surface area (Å²) in [5, 5.41) is 0. The summed E-state index contributed by atoms with van der Waals surface area (Å²) >= 11 is 0. The largest absolute Gasteiger partial charge is 0.369 e. The topological polar surface area (TPSA) is 6.48 Å². The van der Waals surface area contributed by atoms with Crippen LogP contribution in [-0.4, -0.2) is 38.1 Å². The second-order valence-electron chi connectivity index (χ2n) is 4.00. The first-order valence-electron chi connectivity index (χ1n) is 5.17. The average molecular weight is 189 g/mol. The van der Waals surface area contributed by atoms with Gasteiger partial charge in [-0.15, -0.1) is 0 Å². The SMILES string of the molecule is Cc1cc[c]cc1N1CCN(C)CC1. The number of piperazine rings is 1. The molecular formula is C12H17N2. The van der Waals surface area contributed by atoms with Crippen LogP contribution in [0.25, 0.3) is 0 Å². The first-order valence-corrected chi connectivity index (χ1v) is 5.17. The minimum absolute atomic E-state index is 1.13. The van der Waals surface area contributed by atoms with Crippen LogP contribution in [0, 0.1) is 13.0 Å². The Kier molecular flexibility index (Phi) is 2.73. The maximum Gasteiger partial charge on any atom is 0.0403 e. The van der Waals surface area contributed by atoms with Crippen molar-refractivity contribution in [3.05, 3.63) is 29.8 Å². The molecule has 2 rings (SSSR count). The van der Waals surface area contributed by atoms with Gasteiger partial charge in [-0.2, -0.15) is 0 Å². The molecule has 75 valence electrons. The average Bonchev–Trinajstić information content (AvgIpc) is 2.20. The third-order valence-electron chi connectivity index (χ3n) is 2.90. The highest BCUT2D eigenvalue weighted by Gasteiger charge is 2.14. The van der Waals surface area contributed by atoms with E-state index in [2.05, 4.69) is 42.0 Å². The summed E-state index contributed by atoms with van der Waals surface area (Å²) in [7, 11) is 2.18. The van der Waals surface area contributed by atoms with Gasteiger partial charge in [-0.25, -0.2) is 0 Å². The zero-order valence-corrected chi connectivity index (χ0v) is 8.95. The van der Waals surface area contributed by atoms with E-state index in [4.69, 9.17) is 0 Å². The van der Waals surface area contributed by atoms with Gasteiger partial charge in [-0.1, -0.05) is 12.1 Å². The fourth-order valence-corrected chi connectivity index (χ4v) is 1.89. The quantitative estimate of drug-likeness (QED) is 0.661. The van der Waals surface area contributed by atoms with Crippen molar-refractivity contribution in [3.63, 3.8) is 0 Å². The van der Waals surface area contributed by atoms with Gasteiger partial charge in [0, 0.05) is 31.9 Å². The highest BCUT2D eigenvalue weighted by molar-refractivity contribution is 5.52. The van der Waals surface area contributed by atoms with Crippen molar-refractivity contribution in [2.45, 2.75) is 6.92 Å². The number of aryl methyl sites for hydroxylation is 1. The first-order chi connectivity index (χ1) is 6.77. The van der Waals surface area contributed by atoms with Crippen molar-refractivity contribution in [2.75, 3.05) is 38.1 Å². The number of nitrogens with zero attached hydrogens (tertiary/aromatic N) is 2. The van der Waals surface area contributed by atoms with Gasteiger partial charge in [0.25, 0.3) is 0 Å². The minimum atomic E-state index is 1.13. The lowest BCUT2D eigenvalue weighted by molar-refractivity contribution is 0.312. The normalized spacial score (nSPS) is 18.6. The van der Waals surface area contributed by atoms with Crippen LogP contribution in [0.3, 0.4) is 0 Å². The molecule has 0 amide bonds. The van der Waals surface area contributed by atoms with Crippen molar-refractivity contribution in [1.29, 1.82) is 0 Å². The summed E-state index contributed by atoms with van der Waals surface area (Å²) in [6, 6.07) is 9.37. The van der Waals surface area contributed by atoms with E-state index >= 15 is 0 Å². The fourth-order valence-electron chi connectivity index (χ4n) is 1.89. The molecule has 1 fully saturated rings. The number of anilines is 1. The van der Waals surface area contributed by atoms with Gasteiger partial charge in [0.1, 0.15) is 0 Å². The molecule has 1 heterocycles. The van der Waals surface area contributed by atoms with Crippen molar-refractivity contribution >= 4 is 5.69 Å². The van der Waals surface area contributed by atoms with Crippen LogP contribution in [0.4, 0.5) is 5.69 Å². The molecule has 1 aromatic rings. The molecule has 1 aliphatic rings. The van der Waals surface area contributed by atoms with Crippen LogP contribution in [-0.2, 0) is 0 Å². The lowest BCUT2D eigenvalue weighted by Crippen LogP contribution is -2.44. The zero-order valence-electron chi connectivity index (χ0n) is 8.95. The Bertz CT molecular complexity index is 301. The van der Waals surface area contributed by atoms with Gasteiger partial charge in [-0.3, -0.25) is 0 Å². The van der Waals surface area contributed by atoms with Gasteiger partial charge in [0.05, 0.1) is 0 Å². The van der Waals surface area contributed by atoms with Gasteiger partial charge in [0.2, 0.25) is 0 Å². The Morgan fingerprint density at radius 3 is 2.57 bits per heavy atom. The number of hydrogen-bond acceptors (Lipinski definition) is 2. The van der Waals surface area contributed by atoms with Crippen LogP contribution < -0.4 is 4.90 Å². The van der Waals surface area contributed by atoms with E-state index in [1.165, 1.54) is 11.3 Å². The van der Waals surface area contributed by atoms with E-state index in [1.807, 2.05) is 6.07 Å². The molecule has 1 aliphatic heterocycles. The van der Waals surface area contributed by atoms with Crippen molar-refractivity contribution < 1.29 is 0 Å². The standard InChI is InChI=1S/C12H17N2/c1-11-5-3-4-6-12(11)14-9-7-13(2)8-10-14/h3,5-6H,7-10H2,1-2H3. The molecule has 2 nitrogen and oxygen atoms in total. The Balaban J connectivity index is 2.12. The summed E-state index contributed by atoms with van der Waals surface area (Å²) in [6.45, 7) is 6.76. The van der Waals surface area contributed by atoms with Gasteiger partial charge < -0.3 is 9.80 Å². The van der Waals surface area contributed by atoms with Gasteiger partial charge in [-0.05, 0) is 31.7 Å². The molecule has 0 spiro atoms. The highest BCUT2D eigenvalue weighted by atomic mass is 15.2. The number of benzene rings is 1. The van der Waals surface area contributed by atoms with Crippen LogP contribution in [0.1, 0.15) is 5.56 Å². The van der Waals surface area contributed by atoms with Crippen LogP contribution in [0.15, 0.2) is 18.2 Å². The Labute approximate surface area is 86.1 Å². The summed E-state index contributed by atoms with van der Waals surface area (Å²) < 4.78 is 0. The molecule has 0 atom stereocenters. The predicted molar refractivity (Wildman–Crippen MR) is 59.7 cm³/mol. The van der Waals surface area contributed by atoms with Crippen LogP contribution in [0.2, 0.25) is 0 Å². The van der Waals surface area contributed by atoms with Crippen molar-refractivity contribution in [3.8, 4) is 0 Å². The van der Waals surface area contributed by atoms with E-state index in [0.29, 0.717) is 0 Å². The van der Waals surface area contributed by atoms with Crippen LogP contribution >= 0.6 is 0 Å². The number of hydrogen-bond donors (Lipinski definition) is 0. The first kappa shape index (κ1) is 9.53. The third kappa shape index (κ3) is 1.90. The fraction of sp³-hybridized carbons (Fsp3) is 0.500. The van der Waals surface area contributed by atoms with Crippen molar-refractivity contribution in [2.24, 2.45) is 0 Å². The minimum Gasteiger partial charge on any atom is -0.369 e. The van der Waals surface area contributed by atoms with E-state index in [1.54, 1.807) is 0 Å². The molecular weight excluding hydrogens is 172 g/mol. The molecule has 2 heteroatoms. The summed E-state index contributed by atoms with van der Waals surface area (Å²) in [4.78, 5) is 4.82. The molecule has 0 saturated carbocycles. The Hall–Kier alpha value is -1.02. The van der Waals surface area contributed by atoms with E-state index in [-0.39, 0.29) is 0 Å². The van der Waals surface area contributed by atoms with Crippen LogP contribution in [0.5, 0.6) is 0 Å². The molecule has 14 heavy (non-hydrogen) atoms. The lowest BCUT2D eigenvalue weighted by atomic mass is 10.1. The molecule has 1 saturated heterocycles. The molecule has 0 unspecified atom stereocenters. The molecule has 0 aliphatic carbocycles. The Morgan fingerprint density at radius 2 is 1.93 bits per heavy atom. The monoisotopic (exact) mass is 189 g/mol. The van der Waals surface area contributed by atoms with Gasteiger partial charge in [0.15, 0.2) is 0 Å². The second kappa shape index (κ2) is 4.01. The zero-order chi connectivity index (χ0) is 9.97. The van der Waals surface area contributed by atoms with Crippen molar-refractivity contribution in [1.82, 2.24) is 4.90 Å². The summed E-state index contributed by atoms with van der Waals surface area (Å²) in [5.74, 6) is 0. The summed E-state index contributed by atoms with van der Waals surface area (Å²) in [5.41, 5.74) is 2.70. The maximum absolute atomic E-state index is 3.16. The second-order valence-corrected chi connectivity index (χ2v) is 4.00. The van der Waals surface area contributed by atoms with Gasteiger partial charge >= 0.3 is 0 Å². The molecule has 0 aromatic heterocycles. The molecule has 1 aromatic carbocycles. The van der Waals surface area contributed by atoms with E-state index < -0.39 is 0 Å². The summed E-state index contributed by atoms with van der Waals surface area (Å²) in [6.07, 6.45) is 0. The highest BCUT2D eigenvalue weighted by Crippen LogP contribution is 2.19. The molecule has 1 radical (unpaired) electrons. The Morgan fingerprint density at radius 1 is 1.21 bits per heavy atom. The number of rotatable bonds is 1. The lowest BCUT2D eigenvalue weighted by Gasteiger charge is -2.34. The molecule has 0 N–H and O–H groups in total. The maximum atomic E-state index is 3.16. The number of likely N-dealkylation sites (N-methyl/N-ethyl adjacent to an activating group) is 1.